The number of ether oxygens (including phenoxy) is 3. The van der Waals surface area contributed by atoms with Gasteiger partial charge in [0.05, 0.1) is 13.2 Å². The van der Waals surface area contributed by atoms with Gasteiger partial charge >= 0.3 is 11.9 Å². The summed E-state index contributed by atoms with van der Waals surface area (Å²) in [4.78, 5) is 27.1. The second kappa shape index (κ2) is 13.4. The van der Waals surface area contributed by atoms with Crippen LogP contribution in [0.4, 0.5) is 0 Å². The smallest absolute Gasteiger partial charge is 0.323 e. The molecule has 0 atom stereocenters. The number of hydrogen-bond acceptors (Lipinski definition) is 6. The average Bonchev–Trinajstić information content (AvgIpc) is 2.88. The average molecular weight is 527 g/mol. The summed E-state index contributed by atoms with van der Waals surface area (Å²) < 4.78 is 16.2. The highest BCUT2D eigenvalue weighted by atomic mass is 35.5. The molecule has 36 heavy (non-hydrogen) atoms. The summed E-state index contributed by atoms with van der Waals surface area (Å²) >= 11 is 8.16. The van der Waals surface area contributed by atoms with E-state index in [2.05, 4.69) is 0 Å². The minimum absolute atomic E-state index is 0.193. The van der Waals surface area contributed by atoms with Crippen LogP contribution in [0.25, 0.3) is 0 Å². The third-order valence-corrected chi connectivity index (χ3v) is 6.99. The normalized spacial score (nSPS) is 11.1. The lowest BCUT2D eigenvalue weighted by Crippen LogP contribution is -2.40. The number of benzene rings is 3. The third kappa shape index (κ3) is 7.52. The van der Waals surface area contributed by atoms with E-state index < -0.39 is 17.4 Å². The number of esters is 2. The van der Waals surface area contributed by atoms with Crippen LogP contribution in [0.15, 0.2) is 82.6 Å². The molecule has 0 aromatic heterocycles. The van der Waals surface area contributed by atoms with Gasteiger partial charge in [-0.15, -0.1) is 0 Å². The Kier molecular flexibility index (Phi) is 10.3. The maximum Gasteiger partial charge on any atom is 0.323 e. The molecule has 0 aliphatic carbocycles. The summed E-state index contributed by atoms with van der Waals surface area (Å²) in [5, 5.41) is 0.576. The molecular formula is C29H31ClO5S. The van der Waals surface area contributed by atoms with E-state index in [0.29, 0.717) is 18.1 Å². The molecule has 3 aromatic rings. The van der Waals surface area contributed by atoms with Gasteiger partial charge in [-0.1, -0.05) is 65.8 Å². The van der Waals surface area contributed by atoms with Crippen LogP contribution in [0.2, 0.25) is 5.02 Å². The van der Waals surface area contributed by atoms with Crippen molar-refractivity contribution in [1.82, 2.24) is 0 Å². The topological polar surface area (TPSA) is 61.8 Å². The molecule has 3 aromatic carbocycles. The molecule has 0 N–H and O–H groups in total. The van der Waals surface area contributed by atoms with E-state index >= 15 is 0 Å². The zero-order chi connectivity index (χ0) is 26.0. The summed E-state index contributed by atoms with van der Waals surface area (Å²) in [6.07, 6.45) is 0.665. The fourth-order valence-electron chi connectivity index (χ4n) is 3.55. The van der Waals surface area contributed by atoms with Gasteiger partial charge in [-0.25, -0.2) is 0 Å². The van der Waals surface area contributed by atoms with E-state index in [-0.39, 0.29) is 19.6 Å². The van der Waals surface area contributed by atoms with E-state index in [0.717, 1.165) is 26.7 Å². The lowest BCUT2D eigenvalue weighted by molar-refractivity contribution is -0.171. The van der Waals surface area contributed by atoms with Crippen molar-refractivity contribution < 1.29 is 23.8 Å². The van der Waals surface area contributed by atoms with Crippen molar-refractivity contribution in [3.8, 4) is 5.75 Å². The minimum atomic E-state index is -1.39. The summed E-state index contributed by atoms with van der Waals surface area (Å²) in [5.41, 5.74) is 0.573. The first kappa shape index (κ1) is 27.6. The van der Waals surface area contributed by atoms with Crippen molar-refractivity contribution in [3.05, 3.63) is 88.9 Å². The first-order valence-electron chi connectivity index (χ1n) is 11.9. The summed E-state index contributed by atoms with van der Waals surface area (Å²) in [6.45, 7) is 5.88. The van der Waals surface area contributed by atoms with Crippen LogP contribution >= 0.6 is 23.4 Å². The second-order valence-electron chi connectivity index (χ2n) is 8.38. The second-order valence-corrected chi connectivity index (χ2v) is 9.93. The number of carbonyl (C=O) groups excluding carboxylic acids is 2. The van der Waals surface area contributed by atoms with E-state index in [1.807, 2.05) is 72.8 Å². The van der Waals surface area contributed by atoms with Gasteiger partial charge in [-0.05, 0) is 75.1 Å². The molecule has 0 spiro atoms. The molecule has 0 radical (unpaired) electrons. The standard InChI is InChI=1S/C29H31ClO5S/c1-4-33-27(31)29(3,28(32)34-5-2)17-16-22-14-15-25(19-26(22)30)36-24-13-9-12-23(18-24)35-20-21-10-7-6-8-11-21/h6-15,18-19H,4-5,16-17,20H2,1-3H3. The fourth-order valence-corrected chi connectivity index (χ4v) is 4.80. The van der Waals surface area contributed by atoms with Gasteiger partial charge in [0.15, 0.2) is 5.41 Å². The van der Waals surface area contributed by atoms with Crippen LogP contribution in [-0.2, 0) is 32.1 Å². The largest absolute Gasteiger partial charge is 0.489 e. The predicted molar refractivity (Wildman–Crippen MR) is 142 cm³/mol. The van der Waals surface area contributed by atoms with E-state index in [9.17, 15) is 9.59 Å². The molecule has 0 unspecified atom stereocenters. The lowest BCUT2D eigenvalue weighted by Gasteiger charge is -2.25. The zero-order valence-electron chi connectivity index (χ0n) is 20.8. The van der Waals surface area contributed by atoms with Gasteiger partial charge in [0, 0.05) is 14.8 Å². The van der Waals surface area contributed by atoms with Crippen LogP contribution < -0.4 is 4.74 Å². The van der Waals surface area contributed by atoms with Gasteiger partial charge in [-0.2, -0.15) is 0 Å². The Balaban J connectivity index is 1.65. The first-order valence-corrected chi connectivity index (χ1v) is 13.1. The Morgan fingerprint density at radius 1 is 0.861 bits per heavy atom. The zero-order valence-corrected chi connectivity index (χ0v) is 22.4. The monoisotopic (exact) mass is 526 g/mol. The molecule has 0 aliphatic heterocycles. The van der Waals surface area contributed by atoms with Crippen molar-refractivity contribution >= 4 is 35.3 Å². The number of rotatable bonds is 12. The molecule has 0 bridgehead atoms. The Morgan fingerprint density at radius 2 is 1.53 bits per heavy atom. The van der Waals surface area contributed by atoms with E-state index in [1.165, 1.54) is 0 Å². The SMILES string of the molecule is CCOC(=O)C(C)(CCc1ccc(Sc2cccc(OCc3ccccc3)c2)cc1Cl)C(=O)OCC. The molecule has 0 saturated heterocycles. The molecular weight excluding hydrogens is 496 g/mol. The van der Waals surface area contributed by atoms with Crippen LogP contribution in [0.1, 0.15) is 38.3 Å². The Labute approximate surface area is 222 Å². The van der Waals surface area contributed by atoms with Gasteiger partial charge in [0.1, 0.15) is 12.4 Å². The highest BCUT2D eigenvalue weighted by Gasteiger charge is 2.43. The predicted octanol–water partition coefficient (Wildman–Crippen LogP) is 7.14. The fraction of sp³-hybridized carbons (Fsp3) is 0.310. The van der Waals surface area contributed by atoms with Crippen molar-refractivity contribution in [2.24, 2.45) is 5.41 Å². The highest BCUT2D eigenvalue weighted by Crippen LogP contribution is 2.35. The maximum absolute atomic E-state index is 12.5. The van der Waals surface area contributed by atoms with Gasteiger partial charge in [0.25, 0.3) is 0 Å². The minimum Gasteiger partial charge on any atom is -0.489 e. The molecule has 0 saturated carbocycles. The summed E-state index contributed by atoms with van der Waals surface area (Å²) in [5.74, 6) is -0.369. The van der Waals surface area contributed by atoms with Gasteiger partial charge in [0.2, 0.25) is 0 Å². The molecule has 0 aliphatic rings. The van der Waals surface area contributed by atoms with Crippen LogP contribution in [0.5, 0.6) is 5.75 Å². The number of hydrogen-bond donors (Lipinski definition) is 0. The molecule has 7 heteroatoms. The van der Waals surface area contributed by atoms with Crippen molar-refractivity contribution in [2.45, 2.75) is 50.0 Å². The molecule has 190 valence electrons. The van der Waals surface area contributed by atoms with E-state index in [4.69, 9.17) is 25.8 Å². The van der Waals surface area contributed by atoms with Gasteiger partial charge in [-0.3, -0.25) is 9.59 Å². The lowest BCUT2D eigenvalue weighted by atomic mass is 9.84. The number of halogens is 1. The molecule has 5 nitrogen and oxygen atoms in total. The molecule has 0 fully saturated rings. The van der Waals surface area contributed by atoms with Crippen LogP contribution in [-0.4, -0.2) is 25.2 Å². The van der Waals surface area contributed by atoms with Crippen LogP contribution in [0, 0.1) is 5.41 Å². The molecule has 0 amide bonds. The first-order chi connectivity index (χ1) is 17.4. The van der Waals surface area contributed by atoms with Crippen molar-refractivity contribution in [1.29, 1.82) is 0 Å². The number of carbonyl (C=O) groups is 2. The third-order valence-electron chi connectivity index (χ3n) is 5.66. The number of aryl methyl sites for hydroxylation is 1. The van der Waals surface area contributed by atoms with E-state index in [1.54, 1.807) is 32.5 Å². The summed E-state index contributed by atoms with van der Waals surface area (Å²) in [6, 6.07) is 23.8. The molecule has 0 heterocycles. The highest BCUT2D eigenvalue weighted by molar-refractivity contribution is 7.99. The Hall–Kier alpha value is -2.96. The maximum atomic E-state index is 12.5. The Morgan fingerprint density at radius 3 is 2.17 bits per heavy atom. The van der Waals surface area contributed by atoms with Crippen molar-refractivity contribution in [3.63, 3.8) is 0 Å². The van der Waals surface area contributed by atoms with Gasteiger partial charge < -0.3 is 14.2 Å². The van der Waals surface area contributed by atoms with Crippen LogP contribution in [0.3, 0.4) is 0 Å². The quantitative estimate of drug-likeness (QED) is 0.185. The summed E-state index contributed by atoms with van der Waals surface area (Å²) in [7, 11) is 0. The van der Waals surface area contributed by atoms with Crippen molar-refractivity contribution in [2.75, 3.05) is 13.2 Å². The Bertz CT molecular complexity index is 1150. The molecule has 3 rings (SSSR count).